The van der Waals surface area contributed by atoms with Gasteiger partial charge in [-0.25, -0.2) is 9.97 Å². The lowest BCUT2D eigenvalue weighted by Crippen LogP contribution is -2.36. The van der Waals surface area contributed by atoms with Crippen molar-refractivity contribution >= 4 is 17.1 Å². The number of anilines is 3. The third-order valence-electron chi connectivity index (χ3n) is 9.75. The SMILES string of the molecule is Cc1nc(-c2ccccc2)c(C)c(-c2ccc(N3c4ccccc4C4(c5ccccc5-c5ccccc54)c4ccccc43)cc2)n1. The summed E-state index contributed by atoms with van der Waals surface area (Å²) in [7, 11) is 0. The van der Waals surface area contributed by atoms with E-state index in [9.17, 15) is 0 Å². The molecule has 0 unspecified atom stereocenters. The van der Waals surface area contributed by atoms with Gasteiger partial charge < -0.3 is 4.90 Å². The molecule has 6 aromatic carbocycles. The molecule has 9 rings (SSSR count). The van der Waals surface area contributed by atoms with Crippen LogP contribution in [0.2, 0.25) is 0 Å². The summed E-state index contributed by atoms with van der Waals surface area (Å²) in [6.07, 6.45) is 0. The van der Waals surface area contributed by atoms with E-state index in [1.165, 1.54) is 44.8 Å². The molecule has 1 aliphatic carbocycles. The van der Waals surface area contributed by atoms with Crippen LogP contribution in [0, 0.1) is 13.8 Å². The van der Waals surface area contributed by atoms with Crippen molar-refractivity contribution < 1.29 is 0 Å². The van der Waals surface area contributed by atoms with Crippen LogP contribution in [0.25, 0.3) is 33.6 Å². The van der Waals surface area contributed by atoms with Crippen molar-refractivity contribution in [3.63, 3.8) is 0 Å². The Morgan fingerprint density at radius 2 is 0.870 bits per heavy atom. The predicted octanol–water partition coefficient (Wildman–Crippen LogP) is 10.6. The van der Waals surface area contributed by atoms with Gasteiger partial charge in [-0.2, -0.15) is 0 Å². The number of benzene rings is 6. The summed E-state index contributed by atoms with van der Waals surface area (Å²) in [5, 5.41) is 0. The van der Waals surface area contributed by atoms with Crippen LogP contribution in [-0.2, 0) is 5.41 Å². The smallest absolute Gasteiger partial charge is 0.126 e. The molecule has 218 valence electrons. The van der Waals surface area contributed by atoms with Crippen LogP contribution in [-0.4, -0.2) is 9.97 Å². The summed E-state index contributed by atoms with van der Waals surface area (Å²) in [4.78, 5) is 12.2. The molecule has 0 atom stereocenters. The molecule has 0 amide bonds. The van der Waals surface area contributed by atoms with Gasteiger partial charge >= 0.3 is 0 Å². The number of fused-ring (bicyclic) bond motifs is 9. The summed E-state index contributed by atoms with van der Waals surface area (Å²) < 4.78 is 0. The Labute approximate surface area is 269 Å². The second-order valence-corrected chi connectivity index (χ2v) is 12.2. The van der Waals surface area contributed by atoms with Crippen molar-refractivity contribution in [1.82, 2.24) is 9.97 Å². The Morgan fingerprint density at radius 3 is 1.41 bits per heavy atom. The molecule has 2 heterocycles. The molecular formula is C43H31N3. The van der Waals surface area contributed by atoms with Crippen molar-refractivity contribution in [2.24, 2.45) is 0 Å². The molecule has 1 aliphatic heterocycles. The Bertz CT molecular complexity index is 2190. The fourth-order valence-corrected chi connectivity index (χ4v) is 7.89. The second kappa shape index (κ2) is 10.1. The highest BCUT2D eigenvalue weighted by Gasteiger charge is 2.51. The Hall–Kier alpha value is -5.80. The van der Waals surface area contributed by atoms with E-state index >= 15 is 0 Å². The van der Waals surface area contributed by atoms with Gasteiger partial charge in [-0.05, 0) is 71.5 Å². The van der Waals surface area contributed by atoms with Crippen LogP contribution in [0.5, 0.6) is 0 Å². The highest BCUT2D eigenvalue weighted by molar-refractivity contribution is 5.95. The van der Waals surface area contributed by atoms with Gasteiger partial charge in [0.1, 0.15) is 5.82 Å². The van der Waals surface area contributed by atoms with E-state index in [-0.39, 0.29) is 0 Å². The quantitative estimate of drug-likeness (QED) is 0.205. The van der Waals surface area contributed by atoms with Crippen molar-refractivity contribution in [2.45, 2.75) is 19.3 Å². The van der Waals surface area contributed by atoms with E-state index < -0.39 is 5.41 Å². The first-order valence-corrected chi connectivity index (χ1v) is 15.9. The van der Waals surface area contributed by atoms with Crippen LogP contribution < -0.4 is 4.90 Å². The third-order valence-corrected chi connectivity index (χ3v) is 9.75. The lowest BCUT2D eigenvalue weighted by molar-refractivity contribution is 0.752. The molecule has 0 bridgehead atoms. The number of aryl methyl sites for hydroxylation is 1. The molecule has 46 heavy (non-hydrogen) atoms. The summed E-state index contributed by atoms with van der Waals surface area (Å²) in [6.45, 7) is 4.10. The van der Waals surface area contributed by atoms with Gasteiger partial charge in [-0.15, -0.1) is 0 Å². The van der Waals surface area contributed by atoms with Gasteiger partial charge in [-0.3, -0.25) is 0 Å². The van der Waals surface area contributed by atoms with Gasteiger partial charge in [0.2, 0.25) is 0 Å². The van der Waals surface area contributed by atoms with E-state index in [1.807, 2.05) is 13.0 Å². The molecule has 0 fully saturated rings. The molecule has 1 spiro atoms. The van der Waals surface area contributed by atoms with Gasteiger partial charge in [-0.1, -0.05) is 127 Å². The van der Waals surface area contributed by atoms with E-state index in [0.29, 0.717) is 0 Å². The summed E-state index contributed by atoms with van der Waals surface area (Å²) in [5.74, 6) is 0.768. The lowest BCUT2D eigenvalue weighted by Gasteiger charge is -2.45. The standard InChI is InChI=1S/C43H31N3/c1-28-41(30-14-4-3-5-15-30)44-29(2)45-42(28)31-24-26-32(27-25-31)46-39-22-12-10-20-37(39)43(38-21-11-13-23-40(38)46)35-18-8-6-16-33(35)34-17-7-9-19-36(34)43/h3-27H,1-2H3. The topological polar surface area (TPSA) is 29.0 Å². The van der Waals surface area contributed by atoms with Crippen LogP contribution in [0.15, 0.2) is 152 Å². The van der Waals surface area contributed by atoms with Gasteiger partial charge in [0.05, 0.1) is 28.2 Å². The number of hydrogen-bond acceptors (Lipinski definition) is 3. The predicted molar refractivity (Wildman–Crippen MR) is 188 cm³/mol. The third kappa shape index (κ3) is 3.66. The zero-order valence-electron chi connectivity index (χ0n) is 25.8. The Morgan fingerprint density at radius 1 is 0.435 bits per heavy atom. The molecule has 3 nitrogen and oxygen atoms in total. The average molecular weight is 590 g/mol. The van der Waals surface area contributed by atoms with Crippen LogP contribution in [0.3, 0.4) is 0 Å². The highest BCUT2D eigenvalue weighted by Crippen LogP contribution is 2.63. The van der Waals surface area contributed by atoms with Gasteiger partial charge in [0, 0.05) is 22.4 Å². The number of hydrogen-bond donors (Lipinski definition) is 0. The fourth-order valence-electron chi connectivity index (χ4n) is 7.89. The molecule has 7 aromatic rings. The Balaban J connectivity index is 1.22. The summed E-state index contributed by atoms with van der Waals surface area (Å²) >= 11 is 0. The monoisotopic (exact) mass is 589 g/mol. The largest absolute Gasteiger partial charge is 0.310 e. The highest BCUT2D eigenvalue weighted by atomic mass is 15.2. The van der Waals surface area contributed by atoms with E-state index in [4.69, 9.17) is 9.97 Å². The van der Waals surface area contributed by atoms with Gasteiger partial charge in [0.25, 0.3) is 0 Å². The maximum Gasteiger partial charge on any atom is 0.126 e. The van der Waals surface area contributed by atoms with Crippen LogP contribution in [0.4, 0.5) is 17.1 Å². The maximum atomic E-state index is 4.91. The number of aromatic nitrogens is 2. The van der Waals surface area contributed by atoms with Crippen molar-refractivity contribution in [3.05, 3.63) is 185 Å². The van der Waals surface area contributed by atoms with E-state index in [0.717, 1.165) is 39.6 Å². The second-order valence-electron chi connectivity index (χ2n) is 12.2. The summed E-state index contributed by atoms with van der Waals surface area (Å²) in [5.41, 5.74) is 16.2. The molecule has 1 aromatic heterocycles. The lowest BCUT2D eigenvalue weighted by atomic mass is 9.64. The summed E-state index contributed by atoms with van der Waals surface area (Å²) in [6, 6.07) is 55.0. The molecule has 0 saturated heterocycles. The zero-order chi connectivity index (χ0) is 30.8. The zero-order valence-corrected chi connectivity index (χ0v) is 25.8. The molecule has 0 radical (unpaired) electrons. The molecule has 0 N–H and O–H groups in total. The minimum Gasteiger partial charge on any atom is -0.310 e. The van der Waals surface area contributed by atoms with Crippen LogP contribution in [0.1, 0.15) is 33.6 Å². The molecular weight excluding hydrogens is 558 g/mol. The minimum atomic E-state index is -0.403. The number of rotatable bonds is 3. The molecule has 2 aliphatic rings. The normalized spacial score (nSPS) is 13.6. The molecule has 3 heteroatoms. The first kappa shape index (κ1) is 26.6. The Kier molecular flexibility index (Phi) is 5.85. The number of para-hydroxylation sites is 2. The van der Waals surface area contributed by atoms with Crippen molar-refractivity contribution in [3.8, 4) is 33.6 Å². The minimum absolute atomic E-state index is 0.403. The first-order valence-electron chi connectivity index (χ1n) is 15.9. The van der Waals surface area contributed by atoms with Crippen LogP contribution >= 0.6 is 0 Å². The number of nitrogens with zero attached hydrogens (tertiary/aromatic N) is 3. The average Bonchev–Trinajstić information content (AvgIpc) is 3.41. The van der Waals surface area contributed by atoms with Crippen molar-refractivity contribution in [1.29, 1.82) is 0 Å². The van der Waals surface area contributed by atoms with E-state index in [2.05, 4.69) is 157 Å². The fraction of sp³-hybridized carbons (Fsp3) is 0.0698. The maximum absolute atomic E-state index is 4.91. The first-order chi connectivity index (χ1) is 22.7. The van der Waals surface area contributed by atoms with E-state index in [1.54, 1.807) is 0 Å². The molecule has 0 saturated carbocycles. The van der Waals surface area contributed by atoms with Gasteiger partial charge in [0.15, 0.2) is 0 Å². The van der Waals surface area contributed by atoms with Crippen molar-refractivity contribution in [2.75, 3.05) is 4.90 Å².